The normalized spacial score (nSPS) is 11.3. The zero-order chi connectivity index (χ0) is 22.2. The van der Waals surface area contributed by atoms with Crippen LogP contribution in [0.1, 0.15) is 5.56 Å². The topological polar surface area (TPSA) is 121 Å². The van der Waals surface area contributed by atoms with E-state index in [0.717, 1.165) is 16.6 Å². The monoisotopic (exact) mass is 432 g/mol. The van der Waals surface area contributed by atoms with Gasteiger partial charge >= 0.3 is 5.97 Å². The SMILES string of the molecule is Nc1nc2ccc(F)cc2cc1OCc1cc2c(cnn2CC(=O)O)cc1-n1cccn1. The fourth-order valence-electron chi connectivity index (χ4n) is 3.57. The van der Waals surface area contributed by atoms with Gasteiger partial charge in [0.25, 0.3) is 0 Å². The number of nitrogens with zero attached hydrogens (tertiary/aromatic N) is 5. The predicted octanol–water partition coefficient (Wildman–Crippen LogP) is 3.16. The maximum absolute atomic E-state index is 13.6. The van der Waals surface area contributed by atoms with Crippen molar-refractivity contribution in [1.82, 2.24) is 24.5 Å². The van der Waals surface area contributed by atoms with E-state index in [4.69, 9.17) is 15.6 Å². The molecule has 0 fully saturated rings. The predicted molar refractivity (Wildman–Crippen MR) is 115 cm³/mol. The van der Waals surface area contributed by atoms with Gasteiger partial charge in [0, 0.05) is 28.7 Å². The summed E-state index contributed by atoms with van der Waals surface area (Å²) in [5.41, 5.74) is 8.73. The molecule has 0 bridgehead atoms. The molecule has 0 aliphatic heterocycles. The standard InChI is InChI=1S/C22H17FN6O3/c23-16-2-3-17-13(6-16)9-20(22(24)27-17)32-12-15-8-18-14(10-26-29(18)11-21(30)31)7-19(15)28-5-1-4-25-28/h1-10H,11-12H2,(H2,24,27)(H,30,31). The Labute approximate surface area is 180 Å². The molecule has 160 valence electrons. The number of nitrogen functional groups attached to an aromatic ring is 1. The number of fused-ring (bicyclic) bond motifs is 2. The molecule has 0 saturated heterocycles. The Bertz CT molecular complexity index is 1460. The van der Waals surface area contributed by atoms with Gasteiger partial charge in [-0.3, -0.25) is 9.48 Å². The van der Waals surface area contributed by atoms with Crippen LogP contribution < -0.4 is 10.5 Å². The van der Waals surface area contributed by atoms with Crippen molar-refractivity contribution in [3.63, 3.8) is 0 Å². The highest BCUT2D eigenvalue weighted by atomic mass is 19.1. The summed E-state index contributed by atoms with van der Waals surface area (Å²) < 4.78 is 22.7. The van der Waals surface area contributed by atoms with Crippen LogP contribution >= 0.6 is 0 Å². The minimum Gasteiger partial charge on any atom is -0.485 e. The number of carboxylic acid groups (broad SMARTS) is 1. The van der Waals surface area contributed by atoms with Crippen molar-refractivity contribution in [2.45, 2.75) is 13.2 Å². The van der Waals surface area contributed by atoms with E-state index in [1.807, 2.05) is 12.1 Å². The summed E-state index contributed by atoms with van der Waals surface area (Å²) in [4.78, 5) is 15.5. The van der Waals surface area contributed by atoms with E-state index in [-0.39, 0.29) is 24.8 Å². The van der Waals surface area contributed by atoms with Crippen LogP contribution in [0.5, 0.6) is 5.75 Å². The zero-order valence-electron chi connectivity index (χ0n) is 16.6. The minimum atomic E-state index is -0.994. The van der Waals surface area contributed by atoms with Gasteiger partial charge in [-0.25, -0.2) is 14.1 Å². The van der Waals surface area contributed by atoms with Crippen molar-refractivity contribution in [3.05, 3.63) is 72.4 Å². The Balaban J connectivity index is 1.55. The molecule has 5 aromatic rings. The summed E-state index contributed by atoms with van der Waals surface area (Å²) in [6.07, 6.45) is 5.05. The van der Waals surface area contributed by atoms with Crippen molar-refractivity contribution in [2.75, 3.05) is 5.73 Å². The number of carbonyl (C=O) groups is 1. The highest BCUT2D eigenvalue weighted by molar-refractivity contribution is 5.84. The van der Waals surface area contributed by atoms with Gasteiger partial charge in [0.2, 0.25) is 0 Å². The molecule has 32 heavy (non-hydrogen) atoms. The number of pyridine rings is 1. The molecule has 3 heterocycles. The third-order valence-electron chi connectivity index (χ3n) is 5.03. The van der Waals surface area contributed by atoms with Gasteiger partial charge in [-0.05, 0) is 42.5 Å². The van der Waals surface area contributed by atoms with Gasteiger partial charge in [0.05, 0.1) is 22.9 Å². The maximum Gasteiger partial charge on any atom is 0.325 e. The molecule has 5 rings (SSSR count). The van der Waals surface area contributed by atoms with Crippen molar-refractivity contribution in [3.8, 4) is 11.4 Å². The summed E-state index contributed by atoms with van der Waals surface area (Å²) in [7, 11) is 0. The van der Waals surface area contributed by atoms with Crippen LogP contribution in [0.2, 0.25) is 0 Å². The third-order valence-corrected chi connectivity index (χ3v) is 5.03. The summed E-state index contributed by atoms with van der Waals surface area (Å²) in [5, 5.41) is 19.0. The first-order valence-corrected chi connectivity index (χ1v) is 9.67. The van der Waals surface area contributed by atoms with E-state index in [1.165, 1.54) is 16.8 Å². The Morgan fingerprint density at radius 2 is 2.03 bits per heavy atom. The third kappa shape index (κ3) is 3.58. The number of anilines is 1. The lowest BCUT2D eigenvalue weighted by atomic mass is 10.1. The van der Waals surface area contributed by atoms with Crippen molar-refractivity contribution < 1.29 is 19.0 Å². The number of hydrogen-bond acceptors (Lipinski definition) is 6. The Morgan fingerprint density at radius 1 is 1.16 bits per heavy atom. The first-order chi connectivity index (χ1) is 15.5. The van der Waals surface area contributed by atoms with Gasteiger partial charge < -0.3 is 15.6 Å². The molecule has 0 spiro atoms. The van der Waals surface area contributed by atoms with Crippen LogP contribution in [0.15, 0.2) is 61.1 Å². The molecular weight excluding hydrogens is 415 g/mol. The smallest absolute Gasteiger partial charge is 0.325 e. The summed E-state index contributed by atoms with van der Waals surface area (Å²) in [5.74, 6) is -0.880. The van der Waals surface area contributed by atoms with Crippen LogP contribution in [0.25, 0.3) is 27.5 Å². The Morgan fingerprint density at radius 3 is 2.81 bits per heavy atom. The number of aromatic nitrogens is 5. The number of ether oxygens (including phenoxy) is 1. The van der Waals surface area contributed by atoms with Crippen LogP contribution in [-0.4, -0.2) is 35.6 Å². The number of halogens is 1. The lowest BCUT2D eigenvalue weighted by Crippen LogP contribution is -2.10. The summed E-state index contributed by atoms with van der Waals surface area (Å²) in [6.45, 7) is -0.173. The molecule has 0 unspecified atom stereocenters. The van der Waals surface area contributed by atoms with Crippen LogP contribution in [-0.2, 0) is 17.9 Å². The van der Waals surface area contributed by atoms with Gasteiger partial charge in [-0.1, -0.05) is 0 Å². The Hall–Kier alpha value is -4.47. The van der Waals surface area contributed by atoms with Gasteiger partial charge in [0.1, 0.15) is 19.0 Å². The highest BCUT2D eigenvalue weighted by Crippen LogP contribution is 2.28. The number of hydrogen-bond donors (Lipinski definition) is 2. The lowest BCUT2D eigenvalue weighted by Gasteiger charge is -2.14. The second-order valence-electron chi connectivity index (χ2n) is 7.18. The highest BCUT2D eigenvalue weighted by Gasteiger charge is 2.14. The molecule has 3 N–H and O–H groups in total. The largest absolute Gasteiger partial charge is 0.485 e. The van der Waals surface area contributed by atoms with Crippen LogP contribution in [0.3, 0.4) is 0 Å². The molecule has 0 aliphatic carbocycles. The van der Waals surface area contributed by atoms with E-state index in [9.17, 15) is 9.18 Å². The second kappa shape index (κ2) is 7.65. The van der Waals surface area contributed by atoms with Gasteiger partial charge in [-0.15, -0.1) is 0 Å². The number of carboxylic acids is 1. The van der Waals surface area contributed by atoms with Crippen LogP contribution in [0.4, 0.5) is 10.2 Å². The van der Waals surface area contributed by atoms with Crippen LogP contribution in [0, 0.1) is 5.82 Å². The Kier molecular flexibility index (Phi) is 4.66. The first kappa shape index (κ1) is 19.5. The zero-order valence-corrected chi connectivity index (χ0v) is 16.6. The molecule has 0 saturated carbocycles. The molecule has 0 radical (unpaired) electrons. The van der Waals surface area contributed by atoms with E-state index < -0.39 is 5.97 Å². The molecule has 3 aromatic heterocycles. The van der Waals surface area contributed by atoms with E-state index in [2.05, 4.69) is 15.2 Å². The number of rotatable bonds is 6. The average molecular weight is 432 g/mol. The summed E-state index contributed by atoms with van der Waals surface area (Å²) in [6, 6.07) is 11.3. The minimum absolute atomic E-state index is 0.0933. The van der Waals surface area contributed by atoms with E-state index in [1.54, 1.807) is 41.5 Å². The molecule has 0 atom stereocenters. The van der Waals surface area contributed by atoms with Crippen molar-refractivity contribution in [2.24, 2.45) is 0 Å². The van der Waals surface area contributed by atoms with Gasteiger partial charge in [0.15, 0.2) is 11.6 Å². The molecule has 0 amide bonds. The fraction of sp³-hybridized carbons (Fsp3) is 0.0909. The molecule has 10 heteroatoms. The first-order valence-electron chi connectivity index (χ1n) is 9.67. The fourth-order valence-corrected chi connectivity index (χ4v) is 3.57. The number of nitrogens with two attached hydrogens (primary N) is 1. The quantitative estimate of drug-likeness (QED) is 0.423. The number of benzene rings is 2. The van der Waals surface area contributed by atoms with Crippen molar-refractivity contribution >= 4 is 33.6 Å². The van der Waals surface area contributed by atoms with Crippen molar-refractivity contribution in [1.29, 1.82) is 0 Å². The van der Waals surface area contributed by atoms with E-state index in [0.29, 0.717) is 22.2 Å². The molecule has 2 aromatic carbocycles. The molecule has 9 nitrogen and oxygen atoms in total. The lowest BCUT2D eigenvalue weighted by molar-refractivity contribution is -0.137. The summed E-state index contributed by atoms with van der Waals surface area (Å²) >= 11 is 0. The van der Waals surface area contributed by atoms with Gasteiger partial charge in [-0.2, -0.15) is 10.2 Å². The molecule has 0 aliphatic rings. The number of aliphatic carboxylic acids is 1. The average Bonchev–Trinajstić information content (AvgIpc) is 3.42. The van der Waals surface area contributed by atoms with E-state index >= 15 is 0 Å². The maximum atomic E-state index is 13.6. The second-order valence-corrected chi connectivity index (χ2v) is 7.18. The molecular formula is C22H17FN6O3.